The van der Waals surface area contributed by atoms with Crippen molar-refractivity contribution < 1.29 is 13.2 Å². The summed E-state index contributed by atoms with van der Waals surface area (Å²) >= 11 is 0. The molecule has 124 valence electrons. The van der Waals surface area contributed by atoms with Crippen LogP contribution in [0.2, 0.25) is 0 Å². The van der Waals surface area contributed by atoms with Gasteiger partial charge in [0.25, 0.3) is 0 Å². The maximum absolute atomic E-state index is 12.1. The Labute approximate surface area is 141 Å². The Morgan fingerprint density at radius 2 is 1.75 bits per heavy atom. The molecule has 1 N–H and O–H groups in total. The highest BCUT2D eigenvalue weighted by atomic mass is 32.2. The lowest BCUT2D eigenvalue weighted by molar-refractivity contribution is -0.116. The average molecular weight is 343 g/mol. The van der Waals surface area contributed by atoms with Crippen LogP contribution >= 0.6 is 0 Å². The number of nitriles is 1. The van der Waals surface area contributed by atoms with Crippen molar-refractivity contribution in [1.29, 1.82) is 5.26 Å². The van der Waals surface area contributed by atoms with E-state index in [0.717, 1.165) is 10.6 Å². The van der Waals surface area contributed by atoms with E-state index in [1.165, 1.54) is 6.07 Å². The summed E-state index contributed by atoms with van der Waals surface area (Å²) in [4.78, 5) is 12.0. The minimum absolute atomic E-state index is 0.0261. The fourth-order valence-corrected chi connectivity index (χ4v) is 3.14. The smallest absolute Gasteiger partial charge is 0.232 e. The lowest BCUT2D eigenvalue weighted by Gasteiger charge is -2.23. The number of sulfonamides is 1. The van der Waals surface area contributed by atoms with E-state index in [-0.39, 0.29) is 30.1 Å². The van der Waals surface area contributed by atoms with E-state index in [9.17, 15) is 13.2 Å². The molecule has 0 spiro atoms. The molecule has 2 aromatic carbocycles. The van der Waals surface area contributed by atoms with Crippen LogP contribution in [-0.2, 0) is 14.8 Å². The van der Waals surface area contributed by atoms with Gasteiger partial charge in [0.15, 0.2) is 0 Å². The molecule has 7 heteroatoms. The molecule has 0 heterocycles. The standard InChI is InChI=1S/C17H17N3O3S/c1-24(22,23)20(16-10-6-5-7-14(16)13-18)12-11-17(21)19-15-8-3-2-4-9-15/h2-10H,11-12H2,1H3,(H,19,21). The van der Waals surface area contributed by atoms with Crippen LogP contribution in [0.5, 0.6) is 0 Å². The van der Waals surface area contributed by atoms with E-state index in [2.05, 4.69) is 5.32 Å². The molecule has 0 atom stereocenters. The second-order valence-electron chi connectivity index (χ2n) is 5.13. The summed E-state index contributed by atoms with van der Waals surface area (Å²) in [5.74, 6) is -0.302. The first-order valence-corrected chi connectivity index (χ1v) is 9.08. The Hall–Kier alpha value is -2.85. The lowest BCUT2D eigenvalue weighted by Crippen LogP contribution is -2.33. The molecule has 0 aromatic heterocycles. The highest BCUT2D eigenvalue weighted by Gasteiger charge is 2.21. The molecule has 0 aliphatic rings. The number of hydrogen-bond acceptors (Lipinski definition) is 4. The van der Waals surface area contributed by atoms with Crippen molar-refractivity contribution in [3.8, 4) is 6.07 Å². The van der Waals surface area contributed by atoms with Gasteiger partial charge >= 0.3 is 0 Å². The topological polar surface area (TPSA) is 90.3 Å². The van der Waals surface area contributed by atoms with Crippen LogP contribution < -0.4 is 9.62 Å². The number of nitrogens with one attached hydrogen (secondary N) is 1. The molecule has 6 nitrogen and oxygen atoms in total. The van der Waals surface area contributed by atoms with Crippen molar-refractivity contribution in [3.63, 3.8) is 0 Å². The van der Waals surface area contributed by atoms with Crippen molar-refractivity contribution in [1.82, 2.24) is 0 Å². The monoisotopic (exact) mass is 343 g/mol. The maximum atomic E-state index is 12.1. The van der Waals surface area contributed by atoms with Crippen molar-refractivity contribution in [2.45, 2.75) is 6.42 Å². The van der Waals surface area contributed by atoms with E-state index < -0.39 is 10.0 Å². The molecule has 24 heavy (non-hydrogen) atoms. The summed E-state index contributed by atoms with van der Waals surface area (Å²) in [6.07, 6.45) is 1.03. The molecule has 0 saturated heterocycles. The van der Waals surface area contributed by atoms with Gasteiger partial charge in [-0.3, -0.25) is 9.10 Å². The summed E-state index contributed by atoms with van der Waals surface area (Å²) < 4.78 is 25.2. The van der Waals surface area contributed by atoms with Crippen molar-refractivity contribution >= 4 is 27.3 Å². The van der Waals surface area contributed by atoms with Gasteiger partial charge in [-0.1, -0.05) is 30.3 Å². The molecule has 0 fully saturated rings. The molecular weight excluding hydrogens is 326 g/mol. The predicted octanol–water partition coefficient (Wildman–Crippen LogP) is 2.35. The van der Waals surface area contributed by atoms with Crippen molar-refractivity contribution in [3.05, 3.63) is 60.2 Å². The second-order valence-corrected chi connectivity index (χ2v) is 7.04. The lowest BCUT2D eigenvalue weighted by atomic mass is 10.2. The Balaban J connectivity index is 2.14. The summed E-state index contributed by atoms with van der Waals surface area (Å²) in [6.45, 7) is -0.0454. The van der Waals surface area contributed by atoms with Gasteiger partial charge in [-0.15, -0.1) is 0 Å². The van der Waals surface area contributed by atoms with E-state index in [0.29, 0.717) is 5.69 Å². The average Bonchev–Trinajstić information content (AvgIpc) is 2.55. The first kappa shape index (κ1) is 17.5. The van der Waals surface area contributed by atoms with Crippen LogP contribution in [0.1, 0.15) is 12.0 Å². The van der Waals surface area contributed by atoms with Crippen molar-refractivity contribution in [2.24, 2.45) is 0 Å². The normalized spacial score (nSPS) is 10.7. The molecular formula is C17H17N3O3S. The van der Waals surface area contributed by atoms with Gasteiger partial charge in [0.05, 0.1) is 17.5 Å². The van der Waals surface area contributed by atoms with Crippen LogP contribution in [0.25, 0.3) is 0 Å². The minimum atomic E-state index is -3.62. The van der Waals surface area contributed by atoms with Gasteiger partial charge in [-0.2, -0.15) is 5.26 Å². The number of rotatable bonds is 6. The molecule has 0 unspecified atom stereocenters. The summed E-state index contributed by atoms with van der Waals surface area (Å²) in [5, 5.41) is 11.9. The molecule has 0 saturated carbocycles. The van der Waals surface area contributed by atoms with Crippen LogP contribution in [0.4, 0.5) is 11.4 Å². The molecule has 0 radical (unpaired) electrons. The van der Waals surface area contributed by atoms with Gasteiger partial charge in [-0.05, 0) is 24.3 Å². The first-order chi connectivity index (χ1) is 11.4. The first-order valence-electron chi connectivity index (χ1n) is 7.23. The molecule has 0 bridgehead atoms. The van der Waals surface area contributed by atoms with Crippen LogP contribution in [0.15, 0.2) is 54.6 Å². The second kappa shape index (κ2) is 7.62. The number of benzene rings is 2. The predicted molar refractivity (Wildman–Crippen MR) is 93.0 cm³/mol. The third-order valence-electron chi connectivity index (χ3n) is 3.29. The number of carbonyl (C=O) groups excluding carboxylic acids is 1. The molecule has 0 aliphatic heterocycles. The van der Waals surface area contributed by atoms with Gasteiger partial charge < -0.3 is 5.32 Å². The Morgan fingerprint density at radius 3 is 2.38 bits per heavy atom. The molecule has 2 rings (SSSR count). The third kappa shape index (κ3) is 4.57. The minimum Gasteiger partial charge on any atom is -0.326 e. The van der Waals surface area contributed by atoms with Gasteiger partial charge in [-0.25, -0.2) is 8.42 Å². The fourth-order valence-electron chi connectivity index (χ4n) is 2.20. The van der Waals surface area contributed by atoms with E-state index in [1.807, 2.05) is 12.1 Å². The summed E-state index contributed by atoms with van der Waals surface area (Å²) in [7, 11) is -3.62. The number of anilines is 2. The quantitative estimate of drug-likeness (QED) is 0.872. The Morgan fingerprint density at radius 1 is 1.12 bits per heavy atom. The van der Waals surface area contributed by atoms with E-state index in [1.54, 1.807) is 42.5 Å². The zero-order valence-electron chi connectivity index (χ0n) is 13.1. The number of carbonyl (C=O) groups is 1. The zero-order chi connectivity index (χ0) is 17.6. The molecule has 0 aliphatic carbocycles. The number of nitrogens with zero attached hydrogens (tertiary/aromatic N) is 2. The summed E-state index contributed by atoms with van der Waals surface area (Å²) in [6, 6.07) is 17.3. The van der Waals surface area contributed by atoms with Crippen LogP contribution in [0, 0.1) is 11.3 Å². The zero-order valence-corrected chi connectivity index (χ0v) is 14.0. The summed E-state index contributed by atoms with van der Waals surface area (Å²) in [5.41, 5.74) is 1.16. The number of para-hydroxylation sites is 2. The van der Waals surface area contributed by atoms with Gasteiger partial charge in [0.1, 0.15) is 6.07 Å². The highest BCUT2D eigenvalue weighted by Crippen LogP contribution is 2.22. The maximum Gasteiger partial charge on any atom is 0.232 e. The van der Waals surface area contributed by atoms with Gasteiger partial charge in [0, 0.05) is 18.7 Å². The third-order valence-corrected chi connectivity index (χ3v) is 4.47. The van der Waals surface area contributed by atoms with Crippen LogP contribution in [-0.4, -0.2) is 27.1 Å². The van der Waals surface area contributed by atoms with Crippen LogP contribution in [0.3, 0.4) is 0 Å². The SMILES string of the molecule is CS(=O)(=O)N(CCC(=O)Nc1ccccc1)c1ccccc1C#N. The Bertz CT molecular complexity index is 858. The Kier molecular flexibility index (Phi) is 5.55. The fraction of sp³-hybridized carbons (Fsp3) is 0.176. The van der Waals surface area contributed by atoms with Gasteiger partial charge in [0.2, 0.25) is 15.9 Å². The number of hydrogen-bond donors (Lipinski definition) is 1. The highest BCUT2D eigenvalue weighted by molar-refractivity contribution is 7.92. The number of amides is 1. The van der Waals surface area contributed by atoms with Crippen molar-refractivity contribution in [2.75, 3.05) is 22.4 Å². The molecule has 2 aromatic rings. The van der Waals surface area contributed by atoms with E-state index in [4.69, 9.17) is 5.26 Å². The molecule has 1 amide bonds. The largest absolute Gasteiger partial charge is 0.326 e. The van der Waals surface area contributed by atoms with E-state index >= 15 is 0 Å².